The monoisotopic (exact) mass is 350 g/mol. The van der Waals surface area contributed by atoms with E-state index in [0.717, 1.165) is 28.8 Å². The van der Waals surface area contributed by atoms with Gasteiger partial charge in [-0.3, -0.25) is 9.59 Å². The van der Waals surface area contributed by atoms with E-state index < -0.39 is 0 Å². The number of hydrogen-bond donors (Lipinski definition) is 1. The van der Waals surface area contributed by atoms with Crippen LogP contribution in [0.15, 0.2) is 42.5 Å². The third-order valence-corrected chi connectivity index (χ3v) is 4.63. The van der Waals surface area contributed by atoms with E-state index >= 15 is 0 Å². The highest BCUT2D eigenvalue weighted by atomic mass is 16.2. The van der Waals surface area contributed by atoms with Gasteiger partial charge in [0.2, 0.25) is 5.91 Å². The zero-order valence-electron chi connectivity index (χ0n) is 15.7. The van der Waals surface area contributed by atoms with Gasteiger partial charge in [0.05, 0.1) is 0 Å². The smallest absolute Gasteiger partial charge is 0.258 e. The number of nitrogens with one attached hydrogen (secondary N) is 1. The van der Waals surface area contributed by atoms with Crippen LogP contribution < -0.4 is 10.2 Å². The number of aryl methyl sites for hydroxylation is 1. The standard InChI is InChI=1S/C22H26N2O2/c1-15(2)11-21(25)23-14-17-7-8-20-18(13-17)9-10-24(20)22(26)19-6-4-5-16(3)12-19/h4-8,12-13,15H,9-11,14H2,1-3H3,(H,23,25). The van der Waals surface area contributed by atoms with Crippen LogP contribution in [0.4, 0.5) is 5.69 Å². The average molecular weight is 350 g/mol. The van der Waals surface area contributed by atoms with Crippen molar-refractivity contribution in [1.82, 2.24) is 5.32 Å². The highest BCUT2D eigenvalue weighted by molar-refractivity contribution is 6.07. The third-order valence-electron chi connectivity index (χ3n) is 4.63. The molecule has 0 unspecified atom stereocenters. The number of hydrogen-bond acceptors (Lipinski definition) is 2. The van der Waals surface area contributed by atoms with Gasteiger partial charge >= 0.3 is 0 Å². The molecule has 0 saturated heterocycles. The molecule has 4 nitrogen and oxygen atoms in total. The summed E-state index contributed by atoms with van der Waals surface area (Å²) in [5.41, 5.74) is 5.03. The number of amides is 2. The molecule has 0 saturated carbocycles. The number of fused-ring (bicyclic) bond motifs is 1. The molecule has 0 atom stereocenters. The summed E-state index contributed by atoms with van der Waals surface area (Å²) in [4.78, 5) is 26.5. The van der Waals surface area contributed by atoms with Crippen LogP contribution in [0.2, 0.25) is 0 Å². The molecule has 1 aliphatic rings. The zero-order chi connectivity index (χ0) is 18.7. The molecule has 0 spiro atoms. The molecule has 1 N–H and O–H groups in total. The van der Waals surface area contributed by atoms with Crippen molar-refractivity contribution in [2.75, 3.05) is 11.4 Å². The fraction of sp³-hybridized carbons (Fsp3) is 0.364. The Morgan fingerprint density at radius 3 is 2.69 bits per heavy atom. The van der Waals surface area contributed by atoms with Crippen LogP contribution in [0.1, 0.15) is 47.3 Å². The molecule has 4 heteroatoms. The summed E-state index contributed by atoms with van der Waals surface area (Å²) < 4.78 is 0. The number of carbonyl (C=O) groups excluding carboxylic acids is 2. The highest BCUT2D eigenvalue weighted by Crippen LogP contribution is 2.30. The molecular weight excluding hydrogens is 324 g/mol. The SMILES string of the molecule is Cc1cccc(C(=O)N2CCc3cc(CNC(=O)CC(C)C)ccc32)c1. The highest BCUT2D eigenvalue weighted by Gasteiger charge is 2.25. The lowest BCUT2D eigenvalue weighted by molar-refractivity contribution is -0.121. The minimum Gasteiger partial charge on any atom is -0.352 e. The normalized spacial score (nSPS) is 13.0. The Balaban J connectivity index is 1.70. The topological polar surface area (TPSA) is 49.4 Å². The van der Waals surface area contributed by atoms with Crippen LogP contribution in [0.3, 0.4) is 0 Å². The first kappa shape index (κ1) is 18.2. The minimum atomic E-state index is 0.0467. The van der Waals surface area contributed by atoms with Crippen molar-refractivity contribution in [2.24, 2.45) is 5.92 Å². The maximum absolute atomic E-state index is 12.8. The van der Waals surface area contributed by atoms with Crippen molar-refractivity contribution in [3.8, 4) is 0 Å². The van der Waals surface area contributed by atoms with E-state index in [4.69, 9.17) is 0 Å². The Kier molecular flexibility index (Phi) is 5.40. The molecule has 0 aliphatic carbocycles. The van der Waals surface area contributed by atoms with Gasteiger partial charge in [0.25, 0.3) is 5.91 Å². The summed E-state index contributed by atoms with van der Waals surface area (Å²) in [5, 5.41) is 2.97. The maximum Gasteiger partial charge on any atom is 0.258 e. The summed E-state index contributed by atoms with van der Waals surface area (Å²) >= 11 is 0. The van der Waals surface area contributed by atoms with Gasteiger partial charge in [-0.15, -0.1) is 0 Å². The summed E-state index contributed by atoms with van der Waals surface area (Å²) in [6.07, 6.45) is 1.39. The fourth-order valence-corrected chi connectivity index (χ4v) is 3.35. The fourth-order valence-electron chi connectivity index (χ4n) is 3.35. The lowest BCUT2D eigenvalue weighted by atomic mass is 10.1. The molecular formula is C22H26N2O2. The third kappa shape index (κ3) is 4.13. The van der Waals surface area contributed by atoms with Gasteiger partial charge < -0.3 is 10.2 Å². The Bertz CT molecular complexity index is 827. The van der Waals surface area contributed by atoms with E-state index in [1.807, 2.05) is 62.1 Å². The lowest BCUT2D eigenvalue weighted by Crippen LogP contribution is -2.28. The van der Waals surface area contributed by atoms with Crippen LogP contribution >= 0.6 is 0 Å². The first-order chi connectivity index (χ1) is 12.4. The summed E-state index contributed by atoms with van der Waals surface area (Å²) in [6, 6.07) is 13.8. The summed E-state index contributed by atoms with van der Waals surface area (Å²) in [7, 11) is 0. The molecule has 2 amide bonds. The van der Waals surface area contributed by atoms with Crippen molar-refractivity contribution in [2.45, 2.75) is 40.2 Å². The summed E-state index contributed by atoms with van der Waals surface area (Å²) in [6.45, 7) is 7.30. The molecule has 0 fully saturated rings. The largest absolute Gasteiger partial charge is 0.352 e. The van der Waals surface area contributed by atoms with E-state index in [0.29, 0.717) is 25.4 Å². The predicted molar refractivity (Wildman–Crippen MR) is 104 cm³/mol. The number of carbonyl (C=O) groups is 2. The molecule has 0 aromatic heterocycles. The zero-order valence-corrected chi connectivity index (χ0v) is 15.7. The number of nitrogens with zero attached hydrogens (tertiary/aromatic N) is 1. The molecule has 0 bridgehead atoms. The van der Waals surface area contributed by atoms with Gasteiger partial charge in [-0.25, -0.2) is 0 Å². The Hall–Kier alpha value is -2.62. The molecule has 1 heterocycles. The van der Waals surface area contributed by atoms with Crippen LogP contribution in [-0.4, -0.2) is 18.4 Å². The van der Waals surface area contributed by atoms with Crippen molar-refractivity contribution in [3.63, 3.8) is 0 Å². The van der Waals surface area contributed by atoms with E-state index in [2.05, 4.69) is 11.4 Å². The Labute approximate surface area is 155 Å². The molecule has 0 radical (unpaired) electrons. The van der Waals surface area contributed by atoms with Gasteiger partial charge in [-0.05, 0) is 48.6 Å². The number of rotatable bonds is 5. The van der Waals surface area contributed by atoms with Crippen molar-refractivity contribution >= 4 is 17.5 Å². The van der Waals surface area contributed by atoms with E-state index in [9.17, 15) is 9.59 Å². The Morgan fingerprint density at radius 1 is 1.15 bits per heavy atom. The van der Waals surface area contributed by atoms with E-state index in [-0.39, 0.29) is 11.8 Å². The first-order valence-electron chi connectivity index (χ1n) is 9.21. The number of benzene rings is 2. The average Bonchev–Trinajstić information content (AvgIpc) is 3.02. The molecule has 136 valence electrons. The lowest BCUT2D eigenvalue weighted by Gasteiger charge is -2.18. The van der Waals surface area contributed by atoms with Gasteiger partial charge in [-0.1, -0.05) is 43.7 Å². The quantitative estimate of drug-likeness (QED) is 0.890. The van der Waals surface area contributed by atoms with Crippen molar-refractivity contribution in [3.05, 3.63) is 64.7 Å². The second-order valence-electron chi connectivity index (χ2n) is 7.41. The van der Waals surface area contributed by atoms with Crippen LogP contribution in [0, 0.1) is 12.8 Å². The molecule has 2 aromatic carbocycles. The maximum atomic E-state index is 12.8. The molecule has 3 rings (SSSR count). The number of anilines is 1. The minimum absolute atomic E-state index is 0.0467. The van der Waals surface area contributed by atoms with E-state index in [1.165, 1.54) is 5.56 Å². The predicted octanol–water partition coefficient (Wildman–Crippen LogP) is 3.86. The van der Waals surface area contributed by atoms with Gasteiger partial charge in [0.1, 0.15) is 0 Å². The van der Waals surface area contributed by atoms with Gasteiger partial charge in [-0.2, -0.15) is 0 Å². The van der Waals surface area contributed by atoms with E-state index in [1.54, 1.807) is 0 Å². The van der Waals surface area contributed by atoms with Gasteiger partial charge in [0.15, 0.2) is 0 Å². The van der Waals surface area contributed by atoms with Gasteiger partial charge in [0, 0.05) is 30.8 Å². The second-order valence-corrected chi connectivity index (χ2v) is 7.41. The summed E-state index contributed by atoms with van der Waals surface area (Å²) in [5.74, 6) is 0.485. The van der Waals surface area contributed by atoms with Crippen LogP contribution in [-0.2, 0) is 17.8 Å². The molecule has 26 heavy (non-hydrogen) atoms. The second kappa shape index (κ2) is 7.73. The first-order valence-corrected chi connectivity index (χ1v) is 9.21. The Morgan fingerprint density at radius 2 is 1.96 bits per heavy atom. The van der Waals surface area contributed by atoms with Crippen LogP contribution in [0.5, 0.6) is 0 Å². The molecule has 1 aliphatic heterocycles. The van der Waals surface area contributed by atoms with Crippen molar-refractivity contribution < 1.29 is 9.59 Å². The van der Waals surface area contributed by atoms with Crippen LogP contribution in [0.25, 0.3) is 0 Å². The van der Waals surface area contributed by atoms with Crippen molar-refractivity contribution in [1.29, 1.82) is 0 Å². The molecule has 2 aromatic rings.